The van der Waals surface area contributed by atoms with E-state index in [2.05, 4.69) is 10.6 Å². The molecule has 0 aliphatic rings. The van der Waals surface area contributed by atoms with Gasteiger partial charge in [-0.05, 0) is 32.9 Å². The topological polar surface area (TPSA) is 163 Å². The number of nitrogens with zero attached hydrogens (tertiary/aromatic N) is 2. The molecule has 0 saturated heterocycles. The molecule has 2 aromatic rings. The zero-order valence-electron chi connectivity index (χ0n) is 18.2. The van der Waals surface area contributed by atoms with Gasteiger partial charge in [-0.3, -0.25) is 29.8 Å². The number of hydrogen-bond donors (Lipinski definition) is 2. The van der Waals surface area contributed by atoms with Gasteiger partial charge < -0.3 is 20.1 Å². The van der Waals surface area contributed by atoms with Crippen molar-refractivity contribution < 1.29 is 28.9 Å². The highest BCUT2D eigenvalue weighted by atomic mass is 16.6. The molecule has 3 unspecified atom stereocenters. The number of hydrogen-bond acceptors (Lipinski definition) is 8. The summed E-state index contributed by atoms with van der Waals surface area (Å²) < 4.78 is 10.8. The molecular weight excluding hydrogens is 436 g/mol. The third-order valence-corrected chi connectivity index (χ3v) is 4.44. The minimum Gasteiger partial charge on any atom is -0.474 e. The number of nitro benzene ring substituents is 2. The second kappa shape index (κ2) is 11.4. The molecule has 0 aliphatic carbocycles. The highest BCUT2D eigenvalue weighted by molar-refractivity contribution is 5.82. The van der Waals surface area contributed by atoms with Gasteiger partial charge in [-0.2, -0.15) is 0 Å². The first-order valence-electron chi connectivity index (χ1n) is 9.98. The summed E-state index contributed by atoms with van der Waals surface area (Å²) in [5, 5.41) is 27.3. The van der Waals surface area contributed by atoms with Crippen LogP contribution in [-0.2, 0) is 9.59 Å². The van der Waals surface area contributed by atoms with Gasteiger partial charge in [0, 0.05) is 24.7 Å². The van der Waals surface area contributed by atoms with Crippen molar-refractivity contribution in [1.82, 2.24) is 10.6 Å². The third kappa shape index (κ3) is 7.16. The third-order valence-electron chi connectivity index (χ3n) is 4.44. The molecule has 176 valence electrons. The highest BCUT2D eigenvalue weighted by Crippen LogP contribution is 2.27. The lowest BCUT2D eigenvalue weighted by atomic mass is 10.2. The molecule has 0 heterocycles. The Balaban J connectivity index is 1.85. The van der Waals surface area contributed by atoms with E-state index >= 15 is 0 Å². The molecule has 3 atom stereocenters. The Bertz CT molecular complexity index is 1030. The van der Waals surface area contributed by atoms with E-state index in [0.717, 1.165) is 0 Å². The summed E-state index contributed by atoms with van der Waals surface area (Å²) in [6.07, 6.45) is -2.04. The number of carbonyl (C=O) groups is 2. The lowest BCUT2D eigenvalue weighted by Gasteiger charge is -2.20. The fourth-order valence-corrected chi connectivity index (χ4v) is 2.71. The smallest absolute Gasteiger partial charge is 0.310 e. The summed E-state index contributed by atoms with van der Waals surface area (Å²) in [6, 6.07) is 10.9. The van der Waals surface area contributed by atoms with Crippen LogP contribution >= 0.6 is 0 Å². The van der Waals surface area contributed by atoms with Crippen molar-refractivity contribution in [2.24, 2.45) is 0 Å². The molecule has 2 amide bonds. The predicted molar refractivity (Wildman–Crippen MR) is 117 cm³/mol. The molecule has 12 heteroatoms. The molecule has 12 nitrogen and oxygen atoms in total. The molecule has 0 radical (unpaired) electrons. The van der Waals surface area contributed by atoms with E-state index in [1.54, 1.807) is 19.1 Å². The first kappa shape index (κ1) is 25.0. The van der Waals surface area contributed by atoms with E-state index in [-0.39, 0.29) is 29.4 Å². The van der Waals surface area contributed by atoms with Crippen LogP contribution in [0.25, 0.3) is 0 Å². The number of rotatable bonds is 11. The maximum atomic E-state index is 12.4. The zero-order chi connectivity index (χ0) is 24.5. The van der Waals surface area contributed by atoms with Crippen molar-refractivity contribution in [2.75, 3.05) is 6.54 Å². The Morgan fingerprint density at radius 2 is 1.24 bits per heavy atom. The van der Waals surface area contributed by atoms with Crippen molar-refractivity contribution in [2.45, 2.75) is 39.0 Å². The number of para-hydroxylation sites is 4. The Morgan fingerprint density at radius 1 is 0.818 bits per heavy atom. The summed E-state index contributed by atoms with van der Waals surface area (Å²) >= 11 is 0. The summed E-state index contributed by atoms with van der Waals surface area (Å²) in [5.74, 6) is -1.13. The second-order valence-corrected chi connectivity index (χ2v) is 7.12. The van der Waals surface area contributed by atoms with Gasteiger partial charge in [0.05, 0.1) is 9.85 Å². The summed E-state index contributed by atoms with van der Waals surface area (Å²) in [5.41, 5.74) is -0.518. The number of amides is 2. The molecule has 0 fully saturated rings. The summed E-state index contributed by atoms with van der Waals surface area (Å²) in [4.78, 5) is 45.5. The first-order chi connectivity index (χ1) is 15.6. The SMILES string of the molecule is CC(CNC(=O)C(C)Oc1ccccc1[N+](=O)[O-])NC(=O)C(C)Oc1ccccc1[N+](=O)[O-]. The van der Waals surface area contributed by atoms with E-state index in [1.807, 2.05) is 0 Å². The molecule has 2 N–H and O–H groups in total. The van der Waals surface area contributed by atoms with E-state index in [9.17, 15) is 29.8 Å². The van der Waals surface area contributed by atoms with Crippen LogP contribution in [0.15, 0.2) is 48.5 Å². The molecule has 2 aromatic carbocycles. The summed E-state index contributed by atoms with van der Waals surface area (Å²) in [6.45, 7) is 4.58. The van der Waals surface area contributed by atoms with E-state index in [0.29, 0.717) is 0 Å². The van der Waals surface area contributed by atoms with E-state index < -0.39 is 39.9 Å². The van der Waals surface area contributed by atoms with Crippen LogP contribution in [0, 0.1) is 20.2 Å². The predicted octanol–water partition coefficient (Wildman–Crippen LogP) is 2.36. The fourth-order valence-electron chi connectivity index (χ4n) is 2.71. The molecule has 0 bridgehead atoms. The zero-order valence-corrected chi connectivity index (χ0v) is 18.2. The monoisotopic (exact) mass is 460 g/mol. The molecule has 33 heavy (non-hydrogen) atoms. The van der Waals surface area contributed by atoms with Gasteiger partial charge in [-0.1, -0.05) is 24.3 Å². The average Bonchev–Trinajstić information content (AvgIpc) is 2.77. The number of ether oxygens (including phenoxy) is 2. The fraction of sp³-hybridized carbons (Fsp3) is 0.333. The average molecular weight is 460 g/mol. The van der Waals surface area contributed by atoms with E-state index in [1.165, 1.54) is 50.2 Å². The highest BCUT2D eigenvalue weighted by Gasteiger charge is 2.23. The first-order valence-corrected chi connectivity index (χ1v) is 9.98. The van der Waals surface area contributed by atoms with Gasteiger partial charge >= 0.3 is 11.4 Å². The maximum Gasteiger partial charge on any atom is 0.310 e. The van der Waals surface area contributed by atoms with Crippen LogP contribution in [0.5, 0.6) is 11.5 Å². The van der Waals surface area contributed by atoms with Crippen molar-refractivity contribution in [3.05, 3.63) is 68.8 Å². The molecule has 0 spiro atoms. The number of nitro groups is 2. The number of carbonyl (C=O) groups excluding carboxylic acids is 2. The number of nitrogens with one attached hydrogen (secondary N) is 2. The standard InChI is InChI=1S/C21H24N4O8/c1-13(23-21(27)15(3)33-19-11-7-5-9-17(19)25(30)31)12-22-20(26)14(2)32-18-10-6-4-8-16(18)24(28)29/h4-11,13-15H,12H2,1-3H3,(H,22,26)(H,23,27). The molecular formula is C21H24N4O8. The quantitative estimate of drug-likeness (QED) is 0.381. The normalized spacial score (nSPS) is 13.2. The molecule has 0 saturated carbocycles. The van der Waals surface area contributed by atoms with Crippen molar-refractivity contribution >= 4 is 23.2 Å². The van der Waals surface area contributed by atoms with Crippen LogP contribution in [0.2, 0.25) is 0 Å². The van der Waals surface area contributed by atoms with Crippen LogP contribution in [-0.4, -0.2) is 46.5 Å². The Hall–Kier alpha value is -4.22. The van der Waals surface area contributed by atoms with Crippen molar-refractivity contribution in [3.8, 4) is 11.5 Å². The molecule has 2 rings (SSSR count). The summed E-state index contributed by atoms with van der Waals surface area (Å²) in [7, 11) is 0. The second-order valence-electron chi connectivity index (χ2n) is 7.12. The Labute approximate surface area is 189 Å². The van der Waals surface area contributed by atoms with Crippen molar-refractivity contribution in [3.63, 3.8) is 0 Å². The van der Waals surface area contributed by atoms with Crippen LogP contribution in [0.4, 0.5) is 11.4 Å². The lowest BCUT2D eigenvalue weighted by Crippen LogP contribution is -2.48. The van der Waals surface area contributed by atoms with Gasteiger partial charge in [0.1, 0.15) is 0 Å². The van der Waals surface area contributed by atoms with Gasteiger partial charge in [0.25, 0.3) is 11.8 Å². The van der Waals surface area contributed by atoms with Crippen LogP contribution in [0.1, 0.15) is 20.8 Å². The minimum atomic E-state index is -1.02. The van der Waals surface area contributed by atoms with Gasteiger partial charge in [0.2, 0.25) is 0 Å². The number of benzene rings is 2. The van der Waals surface area contributed by atoms with Gasteiger partial charge in [-0.15, -0.1) is 0 Å². The molecule has 0 aliphatic heterocycles. The van der Waals surface area contributed by atoms with Gasteiger partial charge in [0.15, 0.2) is 23.7 Å². The maximum absolute atomic E-state index is 12.4. The van der Waals surface area contributed by atoms with Gasteiger partial charge in [-0.25, -0.2) is 0 Å². The lowest BCUT2D eigenvalue weighted by molar-refractivity contribution is -0.386. The largest absolute Gasteiger partial charge is 0.474 e. The molecule has 0 aromatic heterocycles. The Kier molecular flexibility index (Phi) is 8.66. The Morgan fingerprint density at radius 3 is 1.70 bits per heavy atom. The van der Waals surface area contributed by atoms with Crippen LogP contribution in [0.3, 0.4) is 0 Å². The van der Waals surface area contributed by atoms with Crippen molar-refractivity contribution in [1.29, 1.82) is 0 Å². The van der Waals surface area contributed by atoms with E-state index in [4.69, 9.17) is 9.47 Å². The van der Waals surface area contributed by atoms with Crippen LogP contribution < -0.4 is 20.1 Å². The minimum absolute atomic E-state index is 0.0347.